The number of rotatable bonds is 4. The fourth-order valence-electron chi connectivity index (χ4n) is 7.34. The molecule has 1 saturated heterocycles. The van der Waals surface area contributed by atoms with Crippen molar-refractivity contribution >= 4 is 5.78 Å². The molecule has 0 aromatic heterocycles. The third-order valence-corrected chi connectivity index (χ3v) is 9.35. The van der Waals surface area contributed by atoms with Gasteiger partial charge in [0.05, 0.1) is 12.7 Å². The highest BCUT2D eigenvalue weighted by Crippen LogP contribution is 2.63. The first kappa shape index (κ1) is 21.3. The van der Waals surface area contributed by atoms with Gasteiger partial charge in [0.25, 0.3) is 0 Å². The minimum Gasteiger partial charge on any atom is -0.504 e. The summed E-state index contributed by atoms with van der Waals surface area (Å²) >= 11 is 0. The number of nitrogens with zero attached hydrogens (tertiary/aromatic N) is 1. The van der Waals surface area contributed by atoms with Gasteiger partial charge in [-0.05, 0) is 76.5 Å². The van der Waals surface area contributed by atoms with E-state index in [2.05, 4.69) is 11.8 Å². The Kier molecular flexibility index (Phi) is 4.95. The lowest BCUT2D eigenvalue weighted by Crippen LogP contribution is -2.72. The predicted molar refractivity (Wildman–Crippen MR) is 120 cm³/mol. The number of benzene rings is 1. The summed E-state index contributed by atoms with van der Waals surface area (Å²) in [5.74, 6) is 1.55. The second-order valence-corrected chi connectivity index (χ2v) is 10.9. The van der Waals surface area contributed by atoms with Gasteiger partial charge < -0.3 is 14.9 Å². The Bertz CT molecular complexity index is 888. The van der Waals surface area contributed by atoms with Gasteiger partial charge in [-0.3, -0.25) is 9.69 Å². The molecule has 3 saturated carbocycles. The van der Waals surface area contributed by atoms with Crippen LogP contribution in [0.25, 0.3) is 0 Å². The van der Waals surface area contributed by atoms with Gasteiger partial charge in [0.2, 0.25) is 0 Å². The maximum Gasteiger partial charge on any atom is 0.161 e. The fraction of sp³-hybridized carbons (Fsp3) is 0.731. The van der Waals surface area contributed by atoms with Crippen LogP contribution in [0.15, 0.2) is 12.1 Å². The van der Waals surface area contributed by atoms with E-state index in [0.29, 0.717) is 30.8 Å². The summed E-state index contributed by atoms with van der Waals surface area (Å²) in [6.45, 7) is 6.01. The second-order valence-electron chi connectivity index (χ2n) is 10.9. The standard InChI is InChI=1S/C26H37NO4/c1-17-6-9-20(31-3)23(29)22(17)25-12-13-27(15-19-7-8-19)18(2)26(25,30)16-24(21(28)14-25)10-4-5-11-24/h6,9,18-19,29-30H,4-5,7-8,10-16H2,1-3H3. The number of hydrogen-bond acceptors (Lipinski definition) is 5. The summed E-state index contributed by atoms with van der Waals surface area (Å²) in [5, 5.41) is 23.9. The molecule has 31 heavy (non-hydrogen) atoms. The van der Waals surface area contributed by atoms with Crippen LogP contribution in [0.4, 0.5) is 0 Å². The third kappa shape index (κ3) is 2.99. The molecule has 1 aromatic carbocycles. The van der Waals surface area contributed by atoms with E-state index in [1.807, 2.05) is 13.0 Å². The number of aryl methyl sites for hydroxylation is 1. The molecular formula is C26H37NO4. The lowest BCUT2D eigenvalue weighted by atomic mass is 9.47. The number of phenols is 1. The largest absolute Gasteiger partial charge is 0.504 e. The molecule has 4 fully saturated rings. The molecule has 1 aromatic rings. The number of fused-ring (bicyclic) bond motifs is 1. The molecule has 3 atom stereocenters. The van der Waals surface area contributed by atoms with Crippen molar-refractivity contribution in [1.29, 1.82) is 0 Å². The average molecular weight is 428 g/mol. The van der Waals surface area contributed by atoms with Crippen molar-refractivity contribution in [3.63, 3.8) is 0 Å². The Morgan fingerprint density at radius 1 is 1.19 bits per heavy atom. The molecule has 1 spiro atoms. The molecule has 2 N–H and O–H groups in total. The molecule has 5 rings (SSSR count). The van der Waals surface area contributed by atoms with Crippen LogP contribution in [-0.4, -0.2) is 52.7 Å². The van der Waals surface area contributed by atoms with Crippen molar-refractivity contribution < 1.29 is 19.7 Å². The zero-order valence-electron chi connectivity index (χ0n) is 19.2. The number of carbonyl (C=O) groups is 1. The lowest BCUT2D eigenvalue weighted by molar-refractivity contribution is -0.187. The van der Waals surface area contributed by atoms with E-state index in [4.69, 9.17) is 4.74 Å². The highest BCUT2D eigenvalue weighted by molar-refractivity contribution is 5.88. The Hall–Kier alpha value is -1.59. The highest BCUT2D eigenvalue weighted by Gasteiger charge is 2.67. The van der Waals surface area contributed by atoms with E-state index < -0.39 is 16.4 Å². The number of Topliss-reactive ketones (excluding diaryl/α,β-unsaturated/α-hetero) is 1. The zero-order valence-corrected chi connectivity index (χ0v) is 19.2. The maximum absolute atomic E-state index is 13.7. The van der Waals surface area contributed by atoms with Crippen molar-refractivity contribution in [2.24, 2.45) is 11.3 Å². The number of aliphatic hydroxyl groups is 1. The van der Waals surface area contributed by atoms with Crippen LogP contribution in [0.2, 0.25) is 0 Å². The van der Waals surface area contributed by atoms with E-state index in [0.717, 1.165) is 55.8 Å². The van der Waals surface area contributed by atoms with Crippen molar-refractivity contribution in [1.82, 2.24) is 4.90 Å². The number of piperidine rings is 1. The summed E-state index contributed by atoms with van der Waals surface area (Å²) in [6.07, 6.45) is 7.99. The molecule has 5 heteroatoms. The maximum atomic E-state index is 13.7. The first-order valence-corrected chi connectivity index (χ1v) is 12.1. The first-order chi connectivity index (χ1) is 14.8. The summed E-state index contributed by atoms with van der Waals surface area (Å²) in [4.78, 5) is 16.2. The minimum absolute atomic E-state index is 0.0579. The Morgan fingerprint density at radius 2 is 1.90 bits per heavy atom. The number of ketones is 1. The van der Waals surface area contributed by atoms with Crippen LogP contribution < -0.4 is 4.74 Å². The van der Waals surface area contributed by atoms with Gasteiger partial charge in [-0.1, -0.05) is 18.9 Å². The Balaban J connectivity index is 1.66. The molecule has 0 amide bonds. The minimum atomic E-state index is -1.06. The smallest absolute Gasteiger partial charge is 0.161 e. The summed E-state index contributed by atoms with van der Waals surface area (Å²) < 4.78 is 5.44. The Morgan fingerprint density at radius 3 is 2.55 bits per heavy atom. The van der Waals surface area contributed by atoms with Gasteiger partial charge in [-0.2, -0.15) is 0 Å². The van der Waals surface area contributed by atoms with Crippen molar-refractivity contribution in [2.45, 2.75) is 88.7 Å². The molecule has 1 heterocycles. The van der Waals surface area contributed by atoms with Gasteiger partial charge in [0, 0.05) is 35.4 Å². The molecular weight excluding hydrogens is 390 g/mol. The van der Waals surface area contributed by atoms with Gasteiger partial charge in [0.1, 0.15) is 5.78 Å². The van der Waals surface area contributed by atoms with E-state index in [9.17, 15) is 15.0 Å². The lowest BCUT2D eigenvalue weighted by Gasteiger charge is -2.63. The van der Waals surface area contributed by atoms with Crippen molar-refractivity contribution in [3.8, 4) is 11.5 Å². The molecule has 4 aliphatic rings. The van der Waals surface area contributed by atoms with Crippen LogP contribution in [0.5, 0.6) is 11.5 Å². The normalized spacial score (nSPS) is 35.4. The van der Waals surface area contributed by atoms with E-state index >= 15 is 0 Å². The van der Waals surface area contributed by atoms with Crippen molar-refractivity contribution in [3.05, 3.63) is 23.3 Å². The number of aromatic hydroxyl groups is 1. The third-order valence-electron chi connectivity index (χ3n) is 9.35. The van der Waals surface area contributed by atoms with Crippen LogP contribution in [-0.2, 0) is 10.2 Å². The van der Waals surface area contributed by atoms with Crippen LogP contribution in [0, 0.1) is 18.3 Å². The SMILES string of the molecule is COc1ccc(C)c(C23CCN(CC4CC4)C(C)C2(O)CC2(CCCC2)C(=O)C3)c1O. The summed E-state index contributed by atoms with van der Waals surface area (Å²) in [7, 11) is 1.55. The molecule has 3 unspecified atom stereocenters. The molecule has 170 valence electrons. The van der Waals surface area contributed by atoms with Gasteiger partial charge >= 0.3 is 0 Å². The quantitative estimate of drug-likeness (QED) is 0.757. The summed E-state index contributed by atoms with van der Waals surface area (Å²) in [5.41, 5.74) is -0.576. The highest BCUT2D eigenvalue weighted by atomic mass is 16.5. The predicted octanol–water partition coefficient (Wildman–Crippen LogP) is 4.11. The van der Waals surface area contributed by atoms with Crippen LogP contribution >= 0.6 is 0 Å². The Labute approximate surface area is 185 Å². The number of likely N-dealkylation sites (tertiary alicyclic amines) is 1. The van der Waals surface area contributed by atoms with Gasteiger partial charge in [0.15, 0.2) is 11.5 Å². The van der Waals surface area contributed by atoms with Gasteiger partial charge in [-0.25, -0.2) is 0 Å². The van der Waals surface area contributed by atoms with E-state index in [-0.39, 0.29) is 11.8 Å². The van der Waals surface area contributed by atoms with E-state index in [1.165, 1.54) is 12.8 Å². The molecule has 0 radical (unpaired) electrons. The van der Waals surface area contributed by atoms with Crippen LogP contribution in [0.1, 0.15) is 75.8 Å². The number of phenolic OH excluding ortho intramolecular Hbond substituents is 1. The molecule has 5 nitrogen and oxygen atoms in total. The van der Waals surface area contributed by atoms with Gasteiger partial charge in [-0.15, -0.1) is 0 Å². The summed E-state index contributed by atoms with van der Waals surface area (Å²) in [6, 6.07) is 3.67. The number of hydrogen-bond donors (Lipinski definition) is 2. The van der Waals surface area contributed by atoms with Crippen LogP contribution in [0.3, 0.4) is 0 Å². The molecule has 3 aliphatic carbocycles. The number of carbonyl (C=O) groups excluding carboxylic acids is 1. The fourth-order valence-corrected chi connectivity index (χ4v) is 7.34. The monoisotopic (exact) mass is 427 g/mol. The van der Waals surface area contributed by atoms with Crippen molar-refractivity contribution in [2.75, 3.05) is 20.2 Å². The average Bonchev–Trinajstić information content (AvgIpc) is 3.43. The molecule has 1 aliphatic heterocycles. The topological polar surface area (TPSA) is 70.0 Å². The number of methoxy groups -OCH3 is 1. The second kappa shape index (κ2) is 7.21. The van der Waals surface area contributed by atoms with E-state index in [1.54, 1.807) is 13.2 Å². The molecule has 0 bridgehead atoms. The number of ether oxygens (including phenoxy) is 1. The first-order valence-electron chi connectivity index (χ1n) is 12.1. The zero-order chi connectivity index (χ0) is 22.0.